The predicted molar refractivity (Wildman–Crippen MR) is 133 cm³/mol. The number of fused-ring (bicyclic) bond motifs is 1. The predicted octanol–water partition coefficient (Wildman–Crippen LogP) is 4.58. The highest BCUT2D eigenvalue weighted by Gasteiger charge is 2.38. The number of hydrogen-bond donors (Lipinski definition) is 3. The number of nitrogens with two attached hydrogens (primary N) is 1. The number of alkyl halides is 6. The third-order valence-electron chi connectivity index (χ3n) is 6.92. The molecule has 0 saturated heterocycles. The molecule has 0 spiro atoms. The summed E-state index contributed by atoms with van der Waals surface area (Å²) in [7, 11) is 0. The number of rotatable bonds is 5. The van der Waals surface area contributed by atoms with Crippen LogP contribution in [0.2, 0.25) is 0 Å². The average Bonchev–Trinajstić information content (AvgIpc) is 3.31. The van der Waals surface area contributed by atoms with E-state index in [0.29, 0.717) is 25.5 Å². The van der Waals surface area contributed by atoms with Gasteiger partial charge in [-0.05, 0) is 48.8 Å². The lowest BCUT2D eigenvalue weighted by atomic mass is 10.1. The molecule has 1 fully saturated rings. The zero-order valence-electron chi connectivity index (χ0n) is 20.8. The summed E-state index contributed by atoms with van der Waals surface area (Å²) in [6.45, 7) is 0.203. The van der Waals surface area contributed by atoms with E-state index in [0.717, 1.165) is 12.3 Å². The Hall–Kier alpha value is -4.50. The van der Waals surface area contributed by atoms with E-state index in [1.165, 1.54) is 22.9 Å². The van der Waals surface area contributed by atoms with Gasteiger partial charge in [0.25, 0.3) is 11.1 Å². The van der Waals surface area contributed by atoms with Crippen molar-refractivity contribution in [3.8, 4) is 11.4 Å². The average molecular weight is 583 g/mol. The van der Waals surface area contributed by atoms with Crippen LogP contribution in [0.3, 0.4) is 0 Å². The molecular weight excluding hydrogens is 563 g/mol. The van der Waals surface area contributed by atoms with E-state index in [9.17, 15) is 40.3 Å². The highest BCUT2D eigenvalue weighted by atomic mass is 19.4. The number of benzene rings is 1. The first-order chi connectivity index (χ1) is 19.2. The van der Waals surface area contributed by atoms with Crippen LogP contribution in [-0.4, -0.2) is 30.8 Å². The maximum atomic E-state index is 15.0. The van der Waals surface area contributed by atoms with Crippen LogP contribution in [0.1, 0.15) is 30.4 Å². The molecule has 1 aliphatic rings. The summed E-state index contributed by atoms with van der Waals surface area (Å²) < 4.78 is 95.2. The Morgan fingerprint density at radius 1 is 1.07 bits per heavy atom. The molecular formula is C25H20F7N7O2. The molecule has 1 aromatic carbocycles. The second-order valence-electron chi connectivity index (χ2n) is 9.69. The Labute approximate surface area is 225 Å². The topological polar surface area (TPSA) is 132 Å². The summed E-state index contributed by atoms with van der Waals surface area (Å²) in [5.41, 5.74) is 0.204. The minimum absolute atomic E-state index is 0.00529. The van der Waals surface area contributed by atoms with Gasteiger partial charge in [-0.1, -0.05) is 0 Å². The molecule has 4 N–H and O–H groups in total. The zero-order chi connectivity index (χ0) is 29.7. The molecule has 2 unspecified atom stereocenters. The first-order valence-electron chi connectivity index (χ1n) is 12.2. The van der Waals surface area contributed by atoms with Crippen LogP contribution in [0.4, 0.5) is 42.2 Å². The number of halogens is 7. The van der Waals surface area contributed by atoms with Crippen molar-refractivity contribution in [3.05, 3.63) is 74.4 Å². The SMILES string of the molecule is Nc1nc(-c2cc3ccn(CC4CCC(Nc5cn[nH]c(=O)c5C(F)(F)F)C4)c(=O)c3cc2F)ncc1C(F)(F)F. The number of anilines is 2. The van der Waals surface area contributed by atoms with Crippen molar-refractivity contribution in [2.75, 3.05) is 11.1 Å². The lowest BCUT2D eigenvalue weighted by Gasteiger charge is -2.18. The van der Waals surface area contributed by atoms with Crippen molar-refractivity contribution in [2.45, 2.75) is 44.2 Å². The van der Waals surface area contributed by atoms with E-state index in [4.69, 9.17) is 5.73 Å². The number of nitrogen functional groups attached to an aromatic ring is 1. The van der Waals surface area contributed by atoms with Gasteiger partial charge in [-0.2, -0.15) is 31.4 Å². The minimum atomic E-state index is -4.88. The van der Waals surface area contributed by atoms with Crippen LogP contribution in [0.25, 0.3) is 22.2 Å². The van der Waals surface area contributed by atoms with Crippen LogP contribution in [0, 0.1) is 11.7 Å². The fourth-order valence-corrected chi connectivity index (χ4v) is 5.02. The Kier molecular flexibility index (Phi) is 6.95. The molecule has 5 rings (SSSR count). The molecule has 2 atom stereocenters. The van der Waals surface area contributed by atoms with Crippen LogP contribution in [0.15, 0.2) is 46.4 Å². The summed E-state index contributed by atoms with van der Waals surface area (Å²) in [4.78, 5) is 32.0. The second-order valence-corrected chi connectivity index (χ2v) is 9.69. The molecule has 16 heteroatoms. The molecule has 0 radical (unpaired) electrons. The zero-order valence-corrected chi connectivity index (χ0v) is 20.8. The van der Waals surface area contributed by atoms with Gasteiger partial charge in [-0.15, -0.1) is 0 Å². The number of hydrogen-bond acceptors (Lipinski definition) is 7. The van der Waals surface area contributed by atoms with Crippen molar-refractivity contribution in [3.63, 3.8) is 0 Å². The first-order valence-corrected chi connectivity index (χ1v) is 12.2. The van der Waals surface area contributed by atoms with Gasteiger partial charge < -0.3 is 15.6 Å². The Balaban J connectivity index is 1.35. The number of H-pyrrole nitrogens is 1. The molecule has 41 heavy (non-hydrogen) atoms. The third-order valence-corrected chi connectivity index (χ3v) is 6.92. The summed E-state index contributed by atoms with van der Waals surface area (Å²) in [6.07, 6.45) is -5.39. The van der Waals surface area contributed by atoms with E-state index >= 15 is 0 Å². The minimum Gasteiger partial charge on any atom is -0.383 e. The van der Waals surface area contributed by atoms with Crippen LogP contribution >= 0.6 is 0 Å². The van der Waals surface area contributed by atoms with E-state index in [1.807, 2.05) is 0 Å². The van der Waals surface area contributed by atoms with Crippen molar-refractivity contribution >= 4 is 22.3 Å². The van der Waals surface area contributed by atoms with Gasteiger partial charge in [0.15, 0.2) is 5.82 Å². The second kappa shape index (κ2) is 10.2. The fourth-order valence-electron chi connectivity index (χ4n) is 5.02. The number of pyridine rings is 1. The highest BCUT2D eigenvalue weighted by molar-refractivity contribution is 5.86. The van der Waals surface area contributed by atoms with Gasteiger partial charge in [0, 0.05) is 25.0 Å². The molecule has 216 valence electrons. The van der Waals surface area contributed by atoms with E-state index in [1.54, 1.807) is 5.10 Å². The normalized spacial score (nSPS) is 17.7. The molecule has 9 nitrogen and oxygen atoms in total. The summed E-state index contributed by atoms with van der Waals surface area (Å²) in [5, 5.41) is 8.25. The van der Waals surface area contributed by atoms with E-state index in [-0.39, 0.29) is 34.6 Å². The lowest BCUT2D eigenvalue weighted by Crippen LogP contribution is -2.28. The lowest BCUT2D eigenvalue weighted by molar-refractivity contribution is -0.138. The molecule has 3 aromatic heterocycles. The van der Waals surface area contributed by atoms with Crippen LogP contribution < -0.4 is 22.2 Å². The monoisotopic (exact) mass is 583 g/mol. The maximum Gasteiger partial charge on any atom is 0.423 e. The van der Waals surface area contributed by atoms with E-state index in [2.05, 4.69) is 20.4 Å². The molecule has 4 aromatic rings. The summed E-state index contributed by atoms with van der Waals surface area (Å²) in [6, 6.07) is 3.30. The van der Waals surface area contributed by atoms with E-state index < -0.39 is 58.0 Å². The maximum absolute atomic E-state index is 15.0. The molecule has 0 amide bonds. The standard InChI is InChI=1S/C25H20F7N7O2/c26-17-7-14-12(6-15(17)21-34-8-16(20(33)37-21)24(27,28)29)3-4-39(23(14)41)10-11-1-2-13(5-11)36-18-9-35-38-22(40)19(18)25(30,31)32/h3-4,6-9,11,13H,1-2,5,10H2,(H2,33,34,37)(H2,36,38,40). The molecule has 0 bridgehead atoms. The van der Waals surface area contributed by atoms with Gasteiger partial charge in [0.1, 0.15) is 22.8 Å². The molecule has 1 aliphatic carbocycles. The largest absolute Gasteiger partial charge is 0.423 e. The summed E-state index contributed by atoms with van der Waals surface area (Å²) in [5.74, 6) is -2.30. The number of aromatic nitrogens is 5. The third kappa shape index (κ3) is 5.58. The number of nitrogens with one attached hydrogen (secondary N) is 2. The smallest absolute Gasteiger partial charge is 0.383 e. The van der Waals surface area contributed by atoms with Gasteiger partial charge in [-0.25, -0.2) is 19.5 Å². The fraction of sp³-hybridized carbons (Fsp3) is 0.320. The van der Waals surface area contributed by atoms with Gasteiger partial charge >= 0.3 is 12.4 Å². The molecule has 0 aliphatic heterocycles. The van der Waals surface area contributed by atoms with Crippen LogP contribution in [0.5, 0.6) is 0 Å². The highest BCUT2D eigenvalue weighted by Crippen LogP contribution is 2.36. The quantitative estimate of drug-likeness (QED) is 0.293. The van der Waals surface area contributed by atoms with Crippen molar-refractivity contribution in [1.29, 1.82) is 0 Å². The first kappa shape index (κ1) is 28.0. The van der Waals surface area contributed by atoms with Crippen molar-refractivity contribution in [1.82, 2.24) is 24.7 Å². The Morgan fingerprint density at radius 2 is 1.83 bits per heavy atom. The molecule has 3 heterocycles. The van der Waals surface area contributed by atoms with Gasteiger partial charge in [-0.3, -0.25) is 9.59 Å². The van der Waals surface area contributed by atoms with Crippen molar-refractivity contribution < 1.29 is 30.7 Å². The van der Waals surface area contributed by atoms with Crippen molar-refractivity contribution in [2.24, 2.45) is 5.92 Å². The van der Waals surface area contributed by atoms with Gasteiger partial charge in [0.05, 0.1) is 22.8 Å². The van der Waals surface area contributed by atoms with Crippen LogP contribution in [-0.2, 0) is 18.9 Å². The summed E-state index contributed by atoms with van der Waals surface area (Å²) >= 11 is 0. The Bertz CT molecular complexity index is 1750. The number of nitrogens with zero attached hydrogens (tertiary/aromatic N) is 4. The Morgan fingerprint density at radius 3 is 2.51 bits per heavy atom. The van der Waals surface area contributed by atoms with Gasteiger partial charge in [0.2, 0.25) is 0 Å². The number of aromatic amines is 1. The molecule has 1 saturated carbocycles.